The number of fused-ring (bicyclic) bond motifs is 1. The SMILES string of the molecule is Cc1c(NC(=O)c2cccc(NN3C(=O)[C@H]4CC=CC[C@@H]4C3=O)c2)cccc1C(F)(F)F. The lowest BCUT2D eigenvalue weighted by Gasteiger charge is -2.18. The second-order valence-corrected chi connectivity index (χ2v) is 7.79. The molecule has 0 spiro atoms. The lowest BCUT2D eigenvalue weighted by Crippen LogP contribution is -2.36. The molecule has 1 aliphatic carbocycles. The second-order valence-electron chi connectivity index (χ2n) is 7.79. The van der Waals surface area contributed by atoms with Gasteiger partial charge in [-0.3, -0.25) is 19.8 Å². The summed E-state index contributed by atoms with van der Waals surface area (Å²) in [6.07, 6.45) is 0.252. The van der Waals surface area contributed by atoms with Crippen molar-refractivity contribution in [1.29, 1.82) is 0 Å². The van der Waals surface area contributed by atoms with E-state index in [1.165, 1.54) is 31.2 Å². The summed E-state index contributed by atoms with van der Waals surface area (Å²) >= 11 is 0. The van der Waals surface area contributed by atoms with E-state index in [4.69, 9.17) is 0 Å². The minimum atomic E-state index is -4.53. The van der Waals surface area contributed by atoms with E-state index in [1.807, 2.05) is 12.2 Å². The van der Waals surface area contributed by atoms with E-state index in [9.17, 15) is 27.6 Å². The summed E-state index contributed by atoms with van der Waals surface area (Å²) in [6, 6.07) is 9.62. The highest BCUT2D eigenvalue weighted by Gasteiger charge is 2.47. The molecule has 4 rings (SSSR count). The van der Waals surface area contributed by atoms with Gasteiger partial charge in [0.05, 0.1) is 23.1 Å². The first-order chi connectivity index (χ1) is 15.2. The molecule has 0 unspecified atom stereocenters. The maximum absolute atomic E-state index is 13.1. The number of benzene rings is 2. The summed E-state index contributed by atoms with van der Waals surface area (Å²) in [7, 11) is 0. The van der Waals surface area contributed by atoms with Gasteiger partial charge in [-0.15, -0.1) is 0 Å². The average Bonchev–Trinajstić information content (AvgIpc) is 3.00. The first-order valence-electron chi connectivity index (χ1n) is 10.0. The molecular formula is C23H20F3N3O3. The lowest BCUT2D eigenvalue weighted by molar-refractivity contribution is -0.139. The normalized spacial score (nSPS) is 20.3. The van der Waals surface area contributed by atoms with Crippen molar-refractivity contribution in [3.05, 3.63) is 71.3 Å². The van der Waals surface area contributed by atoms with Crippen molar-refractivity contribution >= 4 is 29.1 Å². The van der Waals surface area contributed by atoms with E-state index in [0.29, 0.717) is 18.5 Å². The maximum Gasteiger partial charge on any atom is 0.416 e. The molecule has 0 radical (unpaired) electrons. The molecule has 2 aromatic carbocycles. The third-order valence-electron chi connectivity index (χ3n) is 5.76. The van der Waals surface area contributed by atoms with Crippen LogP contribution in [0.2, 0.25) is 0 Å². The summed E-state index contributed by atoms with van der Waals surface area (Å²) in [4.78, 5) is 37.9. The Balaban J connectivity index is 1.51. The van der Waals surface area contributed by atoms with E-state index < -0.39 is 29.5 Å². The summed E-state index contributed by atoms with van der Waals surface area (Å²) < 4.78 is 39.4. The van der Waals surface area contributed by atoms with Gasteiger partial charge >= 0.3 is 6.18 Å². The van der Waals surface area contributed by atoms with Gasteiger partial charge in [0.1, 0.15) is 0 Å². The van der Waals surface area contributed by atoms with Crippen molar-refractivity contribution in [2.45, 2.75) is 25.9 Å². The molecule has 1 aliphatic heterocycles. The van der Waals surface area contributed by atoms with Gasteiger partial charge in [-0.2, -0.15) is 18.2 Å². The molecule has 1 saturated heterocycles. The van der Waals surface area contributed by atoms with Gasteiger partial charge in [0, 0.05) is 11.3 Å². The van der Waals surface area contributed by atoms with Gasteiger partial charge in [0.25, 0.3) is 17.7 Å². The number of alkyl halides is 3. The van der Waals surface area contributed by atoms with E-state index >= 15 is 0 Å². The molecule has 166 valence electrons. The number of anilines is 2. The molecule has 2 N–H and O–H groups in total. The van der Waals surface area contributed by atoms with Crippen LogP contribution in [0.1, 0.15) is 34.3 Å². The zero-order valence-corrected chi connectivity index (χ0v) is 17.1. The Kier molecular flexibility index (Phi) is 5.50. The summed E-state index contributed by atoms with van der Waals surface area (Å²) in [5.74, 6) is -2.05. The Labute approximate surface area is 182 Å². The fourth-order valence-electron chi connectivity index (χ4n) is 4.04. The minimum Gasteiger partial charge on any atom is -0.322 e. The number of allylic oxidation sites excluding steroid dienone is 2. The van der Waals surface area contributed by atoms with Gasteiger partial charge in [0.15, 0.2) is 0 Å². The molecule has 1 fully saturated rings. The number of nitrogens with zero attached hydrogens (tertiary/aromatic N) is 1. The third kappa shape index (κ3) is 3.98. The van der Waals surface area contributed by atoms with Crippen LogP contribution in [0.3, 0.4) is 0 Å². The van der Waals surface area contributed by atoms with Crippen LogP contribution in [0.15, 0.2) is 54.6 Å². The van der Waals surface area contributed by atoms with Crippen molar-refractivity contribution in [3.63, 3.8) is 0 Å². The van der Waals surface area contributed by atoms with Gasteiger partial charge in [0.2, 0.25) is 0 Å². The fraction of sp³-hybridized carbons (Fsp3) is 0.261. The van der Waals surface area contributed by atoms with Gasteiger partial charge in [-0.25, -0.2) is 0 Å². The van der Waals surface area contributed by atoms with Crippen LogP contribution in [0, 0.1) is 18.8 Å². The van der Waals surface area contributed by atoms with E-state index in [0.717, 1.165) is 11.1 Å². The Morgan fingerprint density at radius 1 is 1.00 bits per heavy atom. The molecule has 6 nitrogen and oxygen atoms in total. The van der Waals surface area contributed by atoms with E-state index in [1.54, 1.807) is 12.1 Å². The molecule has 2 aromatic rings. The minimum absolute atomic E-state index is 0.0460. The van der Waals surface area contributed by atoms with Crippen LogP contribution in [0.25, 0.3) is 0 Å². The molecule has 32 heavy (non-hydrogen) atoms. The maximum atomic E-state index is 13.1. The highest BCUT2D eigenvalue weighted by molar-refractivity contribution is 6.07. The zero-order valence-electron chi connectivity index (χ0n) is 17.1. The molecule has 0 aromatic heterocycles. The van der Waals surface area contributed by atoms with Crippen LogP contribution in [0.5, 0.6) is 0 Å². The first kappa shape index (κ1) is 21.6. The number of rotatable bonds is 4. The summed E-state index contributed by atoms with van der Waals surface area (Å²) in [6.45, 7) is 1.29. The van der Waals surface area contributed by atoms with Crippen molar-refractivity contribution in [2.75, 3.05) is 10.7 Å². The Morgan fingerprint density at radius 2 is 1.62 bits per heavy atom. The number of carbonyl (C=O) groups is 3. The van der Waals surface area contributed by atoms with Gasteiger partial charge < -0.3 is 5.32 Å². The predicted octanol–water partition coefficient (Wildman–Crippen LogP) is 4.54. The van der Waals surface area contributed by atoms with Crippen molar-refractivity contribution in [1.82, 2.24) is 5.01 Å². The first-order valence-corrected chi connectivity index (χ1v) is 10.0. The Morgan fingerprint density at radius 3 is 2.25 bits per heavy atom. The van der Waals surface area contributed by atoms with E-state index in [2.05, 4.69) is 10.7 Å². The molecule has 3 amide bonds. The van der Waals surface area contributed by atoms with Crippen LogP contribution >= 0.6 is 0 Å². The topological polar surface area (TPSA) is 78.5 Å². The number of hydrogen-bond donors (Lipinski definition) is 2. The second kappa shape index (κ2) is 8.14. The molecular weight excluding hydrogens is 423 g/mol. The predicted molar refractivity (Wildman–Crippen MR) is 111 cm³/mol. The molecule has 0 bridgehead atoms. The largest absolute Gasteiger partial charge is 0.416 e. The van der Waals surface area contributed by atoms with Crippen molar-refractivity contribution < 1.29 is 27.6 Å². The number of nitrogens with one attached hydrogen (secondary N) is 2. The monoisotopic (exact) mass is 443 g/mol. The highest BCUT2D eigenvalue weighted by Crippen LogP contribution is 2.36. The quantitative estimate of drug-likeness (QED) is 0.537. The molecule has 1 heterocycles. The number of carbonyl (C=O) groups excluding carboxylic acids is 3. The van der Waals surface area contributed by atoms with Gasteiger partial charge in [-0.1, -0.05) is 24.3 Å². The van der Waals surface area contributed by atoms with Gasteiger partial charge in [-0.05, 0) is 55.7 Å². The van der Waals surface area contributed by atoms with Crippen molar-refractivity contribution in [3.8, 4) is 0 Å². The highest BCUT2D eigenvalue weighted by atomic mass is 19.4. The fourth-order valence-corrected chi connectivity index (χ4v) is 4.04. The Bertz CT molecular complexity index is 1100. The van der Waals surface area contributed by atoms with Crippen LogP contribution < -0.4 is 10.7 Å². The summed E-state index contributed by atoms with van der Waals surface area (Å²) in [5, 5.41) is 3.48. The van der Waals surface area contributed by atoms with Crippen LogP contribution in [-0.4, -0.2) is 22.7 Å². The number of imide groups is 1. The smallest absolute Gasteiger partial charge is 0.322 e. The van der Waals surface area contributed by atoms with Crippen LogP contribution in [0.4, 0.5) is 24.5 Å². The third-order valence-corrected chi connectivity index (χ3v) is 5.76. The number of halogens is 3. The lowest BCUT2D eigenvalue weighted by atomic mass is 9.85. The number of hydrogen-bond acceptors (Lipinski definition) is 4. The Hall–Kier alpha value is -3.62. The van der Waals surface area contributed by atoms with E-state index in [-0.39, 0.29) is 28.6 Å². The summed E-state index contributed by atoms with van der Waals surface area (Å²) in [5.41, 5.74) is 2.40. The molecule has 0 saturated carbocycles. The molecule has 2 aliphatic rings. The van der Waals surface area contributed by atoms with Crippen LogP contribution in [-0.2, 0) is 15.8 Å². The standard InChI is InChI=1S/C23H20F3N3O3/c1-13-18(23(24,25)26)10-5-11-19(13)27-20(30)14-6-4-7-15(12-14)28-29-21(31)16-8-2-3-9-17(16)22(29)32/h2-7,10-12,16-17,28H,8-9H2,1H3,(H,27,30)/t16-,17-/m0/s1. The number of hydrazine groups is 1. The van der Waals surface area contributed by atoms with Crippen molar-refractivity contribution in [2.24, 2.45) is 11.8 Å². The number of amides is 3. The molecule has 2 atom stereocenters. The zero-order chi connectivity index (χ0) is 23.0. The average molecular weight is 443 g/mol. The molecule has 9 heteroatoms.